The fraction of sp³-hybridized carbons (Fsp3) is 0.351. The highest BCUT2D eigenvalue weighted by Gasteiger charge is 2.46. The molecule has 0 unspecified atom stereocenters. The summed E-state index contributed by atoms with van der Waals surface area (Å²) in [5, 5.41) is 0. The van der Waals surface area contributed by atoms with Crippen LogP contribution in [0.5, 0.6) is 0 Å². The van der Waals surface area contributed by atoms with Crippen LogP contribution in [0, 0.1) is 0 Å². The van der Waals surface area contributed by atoms with Crippen molar-refractivity contribution in [2.24, 2.45) is 0 Å². The van der Waals surface area contributed by atoms with Crippen molar-refractivity contribution in [3.05, 3.63) is 125 Å². The van der Waals surface area contributed by atoms with Gasteiger partial charge in [0.1, 0.15) is 0 Å². The lowest BCUT2D eigenvalue weighted by Gasteiger charge is -2.34. The molecule has 0 saturated carbocycles. The molecule has 1 nitrogen and oxygen atoms in total. The standard InChI is InChI=1S/C29H27N.4C2H6/c1-3-30(4-2)27-21-13-20-26-28(27)24-18-11-12-19-25(24)29(26,22-14-7-5-8-15-22)23-16-9-6-10-17-23;4*1-2/h5-21H,3-4H2,1-2H3;4*1-2H3. The van der Waals surface area contributed by atoms with Gasteiger partial charge in [0.15, 0.2) is 0 Å². The average Bonchev–Trinajstić information content (AvgIpc) is 3.34. The quantitative estimate of drug-likeness (QED) is 0.228. The van der Waals surface area contributed by atoms with Gasteiger partial charge in [-0.05, 0) is 47.7 Å². The average molecular weight is 510 g/mol. The minimum Gasteiger partial charge on any atom is -0.372 e. The summed E-state index contributed by atoms with van der Waals surface area (Å²) in [7, 11) is 0. The Kier molecular flexibility index (Phi) is 14.8. The first-order valence-electron chi connectivity index (χ1n) is 14.9. The van der Waals surface area contributed by atoms with Crippen molar-refractivity contribution < 1.29 is 0 Å². The summed E-state index contributed by atoms with van der Waals surface area (Å²) in [4.78, 5) is 2.47. The normalized spacial score (nSPS) is 11.3. The number of rotatable bonds is 5. The number of hydrogen-bond donors (Lipinski definition) is 0. The molecule has 0 heterocycles. The summed E-state index contributed by atoms with van der Waals surface area (Å²) >= 11 is 0. The minimum atomic E-state index is -0.308. The third-order valence-electron chi connectivity index (χ3n) is 6.56. The van der Waals surface area contributed by atoms with Crippen molar-refractivity contribution in [2.75, 3.05) is 18.0 Å². The van der Waals surface area contributed by atoms with E-state index in [2.05, 4.69) is 122 Å². The van der Waals surface area contributed by atoms with Gasteiger partial charge in [0, 0.05) is 24.3 Å². The van der Waals surface area contributed by atoms with Crippen molar-refractivity contribution >= 4 is 5.69 Å². The van der Waals surface area contributed by atoms with Crippen LogP contribution in [0.15, 0.2) is 103 Å². The molecule has 0 spiro atoms. The van der Waals surface area contributed by atoms with Crippen LogP contribution in [0.4, 0.5) is 5.69 Å². The monoisotopic (exact) mass is 509 g/mol. The number of fused-ring (bicyclic) bond motifs is 3. The second-order valence-electron chi connectivity index (χ2n) is 7.90. The molecule has 0 saturated heterocycles. The van der Waals surface area contributed by atoms with Gasteiger partial charge in [-0.3, -0.25) is 0 Å². The van der Waals surface area contributed by atoms with Crippen LogP contribution in [0.25, 0.3) is 11.1 Å². The minimum absolute atomic E-state index is 0.308. The molecule has 0 aromatic heterocycles. The van der Waals surface area contributed by atoms with E-state index in [0.29, 0.717) is 0 Å². The number of benzene rings is 4. The summed E-state index contributed by atoms with van der Waals surface area (Å²) in [5.41, 5.74) is 9.14. The predicted octanol–water partition coefficient (Wildman–Crippen LogP) is 11.0. The summed E-state index contributed by atoms with van der Waals surface area (Å²) in [6.07, 6.45) is 0. The van der Waals surface area contributed by atoms with E-state index in [1.54, 1.807) is 0 Å². The summed E-state index contributed by atoms with van der Waals surface area (Å²) in [6, 6.07) is 37.8. The van der Waals surface area contributed by atoms with Crippen molar-refractivity contribution in [3.8, 4) is 11.1 Å². The maximum Gasteiger partial charge on any atom is 0.0714 e. The Morgan fingerprint density at radius 2 is 0.895 bits per heavy atom. The van der Waals surface area contributed by atoms with Gasteiger partial charge in [-0.2, -0.15) is 0 Å². The third-order valence-corrected chi connectivity index (χ3v) is 6.56. The molecule has 204 valence electrons. The summed E-state index contributed by atoms with van der Waals surface area (Å²) in [5.74, 6) is 0. The molecular weight excluding hydrogens is 458 g/mol. The van der Waals surface area contributed by atoms with E-state index in [1.807, 2.05) is 55.4 Å². The van der Waals surface area contributed by atoms with E-state index < -0.39 is 0 Å². The molecule has 0 fully saturated rings. The molecule has 1 aliphatic rings. The van der Waals surface area contributed by atoms with Crippen molar-refractivity contribution in [1.29, 1.82) is 0 Å². The first-order chi connectivity index (χ1) is 18.8. The van der Waals surface area contributed by atoms with Crippen LogP contribution < -0.4 is 4.90 Å². The predicted molar refractivity (Wildman–Crippen MR) is 173 cm³/mol. The van der Waals surface area contributed by atoms with E-state index in [9.17, 15) is 0 Å². The zero-order chi connectivity index (χ0) is 28.6. The van der Waals surface area contributed by atoms with Gasteiger partial charge < -0.3 is 4.90 Å². The first-order valence-corrected chi connectivity index (χ1v) is 14.9. The molecule has 0 amide bonds. The molecule has 0 bridgehead atoms. The van der Waals surface area contributed by atoms with Crippen LogP contribution in [0.1, 0.15) is 91.5 Å². The van der Waals surface area contributed by atoms with Gasteiger partial charge in [-0.15, -0.1) is 0 Å². The van der Waals surface area contributed by atoms with Crippen LogP contribution in [0.2, 0.25) is 0 Å². The van der Waals surface area contributed by atoms with E-state index in [-0.39, 0.29) is 5.41 Å². The molecule has 4 aromatic carbocycles. The molecule has 4 aromatic rings. The summed E-state index contributed by atoms with van der Waals surface area (Å²) < 4.78 is 0. The highest BCUT2D eigenvalue weighted by Crippen LogP contribution is 2.58. The maximum absolute atomic E-state index is 2.47. The lowest BCUT2D eigenvalue weighted by atomic mass is 9.68. The van der Waals surface area contributed by atoms with E-state index in [0.717, 1.165) is 13.1 Å². The van der Waals surface area contributed by atoms with E-state index >= 15 is 0 Å². The van der Waals surface area contributed by atoms with Gasteiger partial charge in [-0.1, -0.05) is 152 Å². The molecule has 0 aliphatic heterocycles. The first kappa shape index (κ1) is 32.7. The zero-order valence-electron chi connectivity index (χ0n) is 25.7. The number of anilines is 1. The summed E-state index contributed by atoms with van der Waals surface area (Å²) in [6.45, 7) is 22.5. The Hall–Kier alpha value is -3.32. The molecule has 0 radical (unpaired) electrons. The molecule has 1 aliphatic carbocycles. The van der Waals surface area contributed by atoms with E-state index in [1.165, 1.54) is 39.1 Å². The second-order valence-corrected chi connectivity index (χ2v) is 7.90. The van der Waals surface area contributed by atoms with Gasteiger partial charge in [-0.25, -0.2) is 0 Å². The SMILES string of the molecule is CC.CC.CC.CC.CCN(CC)c1cccc2c1-c1ccccc1C2(c1ccccc1)c1ccccc1. The van der Waals surface area contributed by atoms with Gasteiger partial charge in [0.05, 0.1) is 5.41 Å². The smallest absolute Gasteiger partial charge is 0.0714 e. The molecule has 1 heteroatoms. The lowest BCUT2D eigenvalue weighted by molar-refractivity contribution is 0.767. The molecule has 0 atom stereocenters. The maximum atomic E-state index is 2.47. The Bertz CT molecular complexity index is 1120. The molecule has 5 rings (SSSR count). The third kappa shape index (κ3) is 6.04. The van der Waals surface area contributed by atoms with Crippen molar-refractivity contribution in [2.45, 2.75) is 74.7 Å². The van der Waals surface area contributed by atoms with Crippen LogP contribution in [-0.4, -0.2) is 13.1 Å². The Balaban J connectivity index is 0.000000829. The lowest BCUT2D eigenvalue weighted by Crippen LogP contribution is -2.29. The van der Waals surface area contributed by atoms with Gasteiger partial charge in [0.25, 0.3) is 0 Å². The highest BCUT2D eigenvalue weighted by atomic mass is 15.1. The number of nitrogens with zero attached hydrogens (tertiary/aromatic N) is 1. The zero-order valence-corrected chi connectivity index (χ0v) is 25.7. The fourth-order valence-corrected chi connectivity index (χ4v) is 5.30. The second kappa shape index (κ2) is 17.2. The molecule has 38 heavy (non-hydrogen) atoms. The van der Waals surface area contributed by atoms with Crippen LogP contribution >= 0.6 is 0 Å². The van der Waals surface area contributed by atoms with E-state index in [4.69, 9.17) is 0 Å². The van der Waals surface area contributed by atoms with Gasteiger partial charge >= 0.3 is 0 Å². The number of hydrogen-bond acceptors (Lipinski definition) is 1. The van der Waals surface area contributed by atoms with Crippen molar-refractivity contribution in [1.82, 2.24) is 0 Å². The molecular formula is C37H51N. The van der Waals surface area contributed by atoms with Crippen molar-refractivity contribution in [3.63, 3.8) is 0 Å². The Morgan fingerprint density at radius 1 is 0.474 bits per heavy atom. The largest absolute Gasteiger partial charge is 0.372 e. The van der Waals surface area contributed by atoms with Crippen LogP contribution in [-0.2, 0) is 5.41 Å². The Labute approximate surface area is 234 Å². The molecule has 0 N–H and O–H groups in total. The van der Waals surface area contributed by atoms with Crippen LogP contribution in [0.3, 0.4) is 0 Å². The topological polar surface area (TPSA) is 3.24 Å². The fourth-order valence-electron chi connectivity index (χ4n) is 5.30. The highest BCUT2D eigenvalue weighted by molar-refractivity contribution is 5.93. The Morgan fingerprint density at radius 3 is 1.37 bits per heavy atom. The van der Waals surface area contributed by atoms with Gasteiger partial charge in [0.2, 0.25) is 0 Å².